The molecule has 3 amide bonds. The van der Waals surface area contributed by atoms with Crippen LogP contribution in [0.5, 0.6) is 0 Å². The predicted octanol–water partition coefficient (Wildman–Crippen LogP) is 1.16. The van der Waals surface area contributed by atoms with Crippen molar-refractivity contribution in [2.75, 3.05) is 32.7 Å². The number of nitrogens with one attached hydrogen (secondary N) is 1. The van der Waals surface area contributed by atoms with Gasteiger partial charge in [0.2, 0.25) is 5.91 Å². The van der Waals surface area contributed by atoms with Crippen molar-refractivity contribution in [3.63, 3.8) is 0 Å². The highest BCUT2D eigenvalue weighted by atomic mass is 16.2. The molecule has 1 atom stereocenters. The molecular formula is C16H30N4O2. The summed E-state index contributed by atoms with van der Waals surface area (Å²) in [6.45, 7) is 4.90. The van der Waals surface area contributed by atoms with E-state index < -0.39 is 0 Å². The van der Waals surface area contributed by atoms with Crippen molar-refractivity contribution in [2.24, 2.45) is 11.7 Å². The second kappa shape index (κ2) is 8.36. The van der Waals surface area contributed by atoms with Crippen LogP contribution in [0.4, 0.5) is 4.79 Å². The highest BCUT2D eigenvalue weighted by Crippen LogP contribution is 2.27. The number of carbonyl (C=O) groups is 2. The van der Waals surface area contributed by atoms with Crippen molar-refractivity contribution in [3.8, 4) is 0 Å². The van der Waals surface area contributed by atoms with E-state index in [-0.39, 0.29) is 18.0 Å². The quantitative estimate of drug-likeness (QED) is 0.818. The second-order valence-electron chi connectivity index (χ2n) is 6.49. The minimum Gasteiger partial charge on any atom is -0.338 e. The molecule has 1 aliphatic heterocycles. The molecule has 1 unspecified atom stereocenters. The van der Waals surface area contributed by atoms with E-state index in [0.717, 1.165) is 6.42 Å². The van der Waals surface area contributed by atoms with Gasteiger partial charge < -0.3 is 20.9 Å². The second-order valence-corrected chi connectivity index (χ2v) is 6.49. The Hall–Kier alpha value is -1.30. The first-order valence-corrected chi connectivity index (χ1v) is 8.69. The highest BCUT2D eigenvalue weighted by molar-refractivity contribution is 5.82. The molecule has 22 heavy (non-hydrogen) atoms. The molecule has 1 saturated heterocycles. The fraction of sp³-hybridized carbons (Fsp3) is 0.875. The van der Waals surface area contributed by atoms with Gasteiger partial charge in [0.05, 0.1) is 6.04 Å². The number of amides is 3. The van der Waals surface area contributed by atoms with Crippen molar-refractivity contribution >= 4 is 11.9 Å². The Balaban J connectivity index is 1.75. The molecule has 0 aromatic rings. The average molecular weight is 310 g/mol. The van der Waals surface area contributed by atoms with E-state index in [1.54, 1.807) is 4.90 Å². The van der Waals surface area contributed by atoms with Crippen LogP contribution in [-0.2, 0) is 4.79 Å². The zero-order chi connectivity index (χ0) is 15.9. The smallest absolute Gasteiger partial charge is 0.317 e. The molecule has 1 saturated carbocycles. The third kappa shape index (κ3) is 4.60. The normalized spacial score (nSPS) is 21.5. The van der Waals surface area contributed by atoms with Crippen molar-refractivity contribution in [2.45, 2.75) is 51.5 Å². The first kappa shape index (κ1) is 17.1. The average Bonchev–Trinajstić information content (AvgIpc) is 2.55. The van der Waals surface area contributed by atoms with Crippen molar-refractivity contribution < 1.29 is 9.59 Å². The van der Waals surface area contributed by atoms with Crippen LogP contribution in [0.1, 0.15) is 45.4 Å². The Morgan fingerprint density at radius 2 is 1.68 bits per heavy atom. The van der Waals surface area contributed by atoms with E-state index in [9.17, 15) is 9.59 Å². The Kier molecular flexibility index (Phi) is 6.49. The SMILES string of the molecule is CCNC(=O)N1CCN(C(=O)C(N)CC2CCCCC2)CC1. The van der Waals surface area contributed by atoms with E-state index in [4.69, 9.17) is 5.73 Å². The van der Waals surface area contributed by atoms with Crippen LogP contribution in [-0.4, -0.2) is 60.5 Å². The lowest BCUT2D eigenvalue weighted by Crippen LogP contribution is -2.56. The minimum absolute atomic E-state index is 0.0406. The van der Waals surface area contributed by atoms with Gasteiger partial charge in [0, 0.05) is 32.7 Å². The fourth-order valence-electron chi connectivity index (χ4n) is 3.51. The molecule has 0 radical (unpaired) electrons. The minimum atomic E-state index is -0.376. The first-order valence-electron chi connectivity index (χ1n) is 8.69. The number of hydrogen-bond donors (Lipinski definition) is 2. The molecule has 2 aliphatic rings. The molecule has 2 fully saturated rings. The van der Waals surface area contributed by atoms with Crippen molar-refractivity contribution in [3.05, 3.63) is 0 Å². The maximum Gasteiger partial charge on any atom is 0.317 e. The summed E-state index contributed by atoms with van der Waals surface area (Å²) in [5, 5.41) is 2.80. The highest BCUT2D eigenvalue weighted by Gasteiger charge is 2.28. The van der Waals surface area contributed by atoms with Gasteiger partial charge in [-0.15, -0.1) is 0 Å². The van der Waals surface area contributed by atoms with E-state index in [2.05, 4.69) is 5.32 Å². The van der Waals surface area contributed by atoms with E-state index in [0.29, 0.717) is 38.6 Å². The van der Waals surface area contributed by atoms with Gasteiger partial charge in [-0.1, -0.05) is 32.1 Å². The van der Waals surface area contributed by atoms with Gasteiger partial charge in [0.1, 0.15) is 0 Å². The molecule has 3 N–H and O–H groups in total. The van der Waals surface area contributed by atoms with Crippen LogP contribution < -0.4 is 11.1 Å². The number of nitrogens with two attached hydrogens (primary N) is 1. The lowest BCUT2D eigenvalue weighted by atomic mass is 9.84. The third-order valence-electron chi connectivity index (χ3n) is 4.84. The zero-order valence-electron chi connectivity index (χ0n) is 13.7. The summed E-state index contributed by atoms with van der Waals surface area (Å²) >= 11 is 0. The molecule has 1 heterocycles. The number of nitrogens with zero attached hydrogens (tertiary/aromatic N) is 2. The lowest BCUT2D eigenvalue weighted by Gasteiger charge is -2.36. The van der Waals surface area contributed by atoms with Crippen LogP contribution in [0.15, 0.2) is 0 Å². The maximum absolute atomic E-state index is 12.5. The molecule has 126 valence electrons. The van der Waals surface area contributed by atoms with Crippen LogP contribution in [0, 0.1) is 5.92 Å². The zero-order valence-corrected chi connectivity index (χ0v) is 13.7. The van der Waals surface area contributed by atoms with Gasteiger partial charge in [-0.2, -0.15) is 0 Å². The van der Waals surface area contributed by atoms with Gasteiger partial charge in [0.15, 0.2) is 0 Å². The standard InChI is InChI=1S/C16H30N4O2/c1-2-18-16(22)20-10-8-19(9-11-20)15(21)14(17)12-13-6-4-3-5-7-13/h13-14H,2-12,17H2,1H3,(H,18,22). The van der Waals surface area contributed by atoms with Crippen LogP contribution in [0.25, 0.3) is 0 Å². The predicted molar refractivity (Wildman–Crippen MR) is 86.4 cm³/mol. The van der Waals surface area contributed by atoms with E-state index in [1.165, 1.54) is 32.1 Å². The first-order chi connectivity index (χ1) is 10.6. The Bertz CT molecular complexity index is 374. The summed E-state index contributed by atoms with van der Waals surface area (Å²) in [6.07, 6.45) is 7.11. The number of hydrogen-bond acceptors (Lipinski definition) is 3. The number of urea groups is 1. The number of carbonyl (C=O) groups excluding carboxylic acids is 2. The van der Waals surface area contributed by atoms with Gasteiger partial charge in [-0.25, -0.2) is 4.79 Å². The van der Waals surface area contributed by atoms with Crippen LogP contribution in [0.3, 0.4) is 0 Å². The molecule has 1 aliphatic carbocycles. The number of piperazine rings is 1. The van der Waals surface area contributed by atoms with E-state index in [1.807, 2.05) is 11.8 Å². The van der Waals surface area contributed by atoms with Gasteiger partial charge in [-0.3, -0.25) is 4.79 Å². The Morgan fingerprint density at radius 3 is 2.27 bits per heavy atom. The molecule has 0 aromatic heterocycles. The third-order valence-corrected chi connectivity index (χ3v) is 4.84. The molecular weight excluding hydrogens is 280 g/mol. The maximum atomic E-state index is 12.5. The molecule has 0 bridgehead atoms. The van der Waals surface area contributed by atoms with E-state index >= 15 is 0 Å². The van der Waals surface area contributed by atoms with Crippen molar-refractivity contribution in [1.29, 1.82) is 0 Å². The van der Waals surface area contributed by atoms with Crippen LogP contribution in [0.2, 0.25) is 0 Å². The molecule has 2 rings (SSSR count). The molecule has 0 spiro atoms. The molecule has 6 nitrogen and oxygen atoms in total. The molecule has 6 heteroatoms. The van der Waals surface area contributed by atoms with Gasteiger partial charge in [-0.05, 0) is 19.3 Å². The summed E-state index contributed by atoms with van der Waals surface area (Å²) in [5.41, 5.74) is 6.14. The number of rotatable bonds is 4. The van der Waals surface area contributed by atoms with Crippen molar-refractivity contribution in [1.82, 2.24) is 15.1 Å². The topological polar surface area (TPSA) is 78.7 Å². The summed E-state index contributed by atoms with van der Waals surface area (Å²) < 4.78 is 0. The Morgan fingerprint density at radius 1 is 1.09 bits per heavy atom. The van der Waals surface area contributed by atoms with Crippen LogP contribution >= 0.6 is 0 Å². The van der Waals surface area contributed by atoms with Gasteiger partial charge >= 0.3 is 6.03 Å². The fourth-order valence-corrected chi connectivity index (χ4v) is 3.51. The molecule has 0 aromatic carbocycles. The largest absolute Gasteiger partial charge is 0.338 e. The monoisotopic (exact) mass is 310 g/mol. The summed E-state index contributed by atoms with van der Waals surface area (Å²) in [5.74, 6) is 0.672. The summed E-state index contributed by atoms with van der Waals surface area (Å²) in [6, 6.07) is -0.416. The Labute approximate surface area is 133 Å². The summed E-state index contributed by atoms with van der Waals surface area (Å²) in [4.78, 5) is 27.8. The van der Waals surface area contributed by atoms with Gasteiger partial charge in [0.25, 0.3) is 0 Å². The summed E-state index contributed by atoms with van der Waals surface area (Å²) in [7, 11) is 0. The lowest BCUT2D eigenvalue weighted by molar-refractivity contribution is -0.134.